The molecule has 0 aliphatic rings. The van der Waals surface area contributed by atoms with Crippen LogP contribution in [-0.4, -0.2) is 21.6 Å². The molecule has 0 bridgehead atoms. The molecule has 0 aliphatic heterocycles. The minimum absolute atomic E-state index is 0.189. The van der Waals surface area contributed by atoms with Gasteiger partial charge in [-0.1, -0.05) is 0 Å². The monoisotopic (exact) mass is 362 g/mol. The van der Waals surface area contributed by atoms with Crippen LogP contribution >= 0.6 is 46.4 Å². The van der Waals surface area contributed by atoms with E-state index in [1.165, 1.54) is 12.2 Å². The van der Waals surface area contributed by atoms with E-state index in [4.69, 9.17) is 55.9 Å². The molecule has 0 rings (SSSR count). The molecule has 0 amide bonds. The predicted molar refractivity (Wildman–Crippen MR) is 79.9 cm³/mol. The van der Waals surface area contributed by atoms with E-state index in [0.29, 0.717) is 12.8 Å². The Morgan fingerprint density at radius 2 is 1.15 bits per heavy atom. The van der Waals surface area contributed by atoms with E-state index >= 15 is 0 Å². The van der Waals surface area contributed by atoms with Gasteiger partial charge >= 0.3 is 11.9 Å². The predicted octanol–water partition coefficient (Wildman–Crippen LogP) is 4.27. The van der Waals surface area contributed by atoms with Crippen LogP contribution in [0.1, 0.15) is 25.7 Å². The number of halogens is 4. The number of rotatable bonds is 9. The van der Waals surface area contributed by atoms with Crippen LogP contribution in [0.4, 0.5) is 0 Å². The smallest absolute Gasteiger partial charge is 0.310 e. The summed E-state index contributed by atoms with van der Waals surface area (Å²) in [6.45, 7) is 0. The van der Waals surface area contributed by atoms with Crippen LogP contribution in [-0.2, 0) is 19.1 Å². The summed E-state index contributed by atoms with van der Waals surface area (Å²) in [5.74, 6) is -0.841. The number of allylic oxidation sites excluding steroid dienone is 2. The highest BCUT2D eigenvalue weighted by molar-refractivity contribution is 6.45. The Bertz CT molecular complexity index is 319. The molecule has 8 heteroatoms. The van der Waals surface area contributed by atoms with Crippen molar-refractivity contribution in [2.24, 2.45) is 0 Å². The van der Waals surface area contributed by atoms with Gasteiger partial charge in [-0.05, 0) is 25.0 Å². The fraction of sp³-hybridized carbons (Fsp3) is 0.500. The van der Waals surface area contributed by atoms with Crippen molar-refractivity contribution in [3.05, 3.63) is 24.7 Å². The Morgan fingerprint density at radius 3 is 1.45 bits per heavy atom. The summed E-state index contributed by atoms with van der Waals surface area (Å²) in [6.07, 6.45) is 6.32. The summed E-state index contributed by atoms with van der Waals surface area (Å²) in [7, 11) is 0. The number of carbonyl (C=O) groups is 2. The summed E-state index contributed by atoms with van der Waals surface area (Å²) < 4.78 is 9.41. The number of alkyl halides is 4. The highest BCUT2D eigenvalue weighted by atomic mass is 35.5. The van der Waals surface area contributed by atoms with Crippen molar-refractivity contribution in [1.82, 2.24) is 0 Å². The fourth-order valence-corrected chi connectivity index (χ4v) is 1.24. The average Bonchev–Trinajstić information content (AvgIpc) is 2.33. The van der Waals surface area contributed by atoms with Gasteiger partial charge in [0.05, 0.1) is 12.5 Å². The number of hydrogen-bond donors (Lipinski definition) is 0. The quantitative estimate of drug-likeness (QED) is 0.265. The van der Waals surface area contributed by atoms with E-state index in [1.807, 2.05) is 0 Å². The third-order valence-electron chi connectivity index (χ3n) is 1.86. The van der Waals surface area contributed by atoms with Crippen LogP contribution in [0.25, 0.3) is 0 Å². The Hall–Kier alpha value is -0.420. The third kappa shape index (κ3) is 14.0. The molecule has 0 saturated heterocycles. The first-order valence-electron chi connectivity index (χ1n) is 5.70. The van der Waals surface area contributed by atoms with Gasteiger partial charge in [-0.2, -0.15) is 0 Å². The molecule has 0 spiro atoms. The van der Waals surface area contributed by atoms with E-state index < -0.39 is 21.6 Å². The molecule has 0 heterocycles. The molecule has 0 aromatic heterocycles. The van der Waals surface area contributed by atoms with Crippen molar-refractivity contribution < 1.29 is 19.1 Å². The zero-order chi connectivity index (χ0) is 15.4. The summed E-state index contributed by atoms with van der Waals surface area (Å²) in [4.78, 5) is 21.0. The van der Waals surface area contributed by atoms with Crippen molar-refractivity contribution in [2.45, 2.75) is 35.4 Å². The molecule has 0 aromatic rings. The summed E-state index contributed by atoms with van der Waals surface area (Å²) in [5.41, 5.74) is 0. The molecule has 4 nitrogen and oxygen atoms in total. The van der Waals surface area contributed by atoms with E-state index in [-0.39, 0.29) is 12.8 Å². The lowest BCUT2D eigenvalue weighted by Crippen LogP contribution is -2.02. The van der Waals surface area contributed by atoms with Crippen LogP contribution in [0, 0.1) is 0 Å². The number of hydrogen-bond acceptors (Lipinski definition) is 4. The molecule has 0 unspecified atom stereocenters. The molecule has 0 radical (unpaired) electrons. The molecule has 0 saturated carbocycles. The van der Waals surface area contributed by atoms with Gasteiger partial charge in [-0.15, -0.1) is 46.4 Å². The highest BCUT2D eigenvalue weighted by Crippen LogP contribution is 2.06. The first-order chi connectivity index (χ1) is 9.41. The van der Waals surface area contributed by atoms with Crippen LogP contribution in [0.5, 0.6) is 0 Å². The molecule has 0 atom stereocenters. The molecule has 0 aromatic carbocycles. The molecule has 0 fully saturated rings. The first-order valence-corrected chi connectivity index (χ1v) is 7.45. The van der Waals surface area contributed by atoms with Gasteiger partial charge in [0.25, 0.3) is 0 Å². The molecular formula is C12H14Cl4O4. The molecular weight excluding hydrogens is 350 g/mol. The third-order valence-corrected chi connectivity index (χ3v) is 2.44. The highest BCUT2D eigenvalue weighted by Gasteiger charge is 2.05. The van der Waals surface area contributed by atoms with E-state index in [9.17, 15) is 9.59 Å². The van der Waals surface area contributed by atoms with Crippen LogP contribution in [0.3, 0.4) is 0 Å². The van der Waals surface area contributed by atoms with E-state index in [0.717, 1.165) is 12.5 Å². The maximum Gasteiger partial charge on any atom is 0.310 e. The van der Waals surface area contributed by atoms with Crippen LogP contribution in [0.2, 0.25) is 0 Å². The number of carbonyl (C=O) groups excluding carboxylic acids is 2. The Morgan fingerprint density at radius 1 is 0.800 bits per heavy atom. The molecule has 0 N–H and O–H groups in total. The fourth-order valence-electron chi connectivity index (χ4n) is 1.01. The van der Waals surface area contributed by atoms with Gasteiger partial charge in [-0.25, -0.2) is 0 Å². The van der Waals surface area contributed by atoms with Crippen molar-refractivity contribution in [2.75, 3.05) is 0 Å². The number of esters is 2. The minimum Gasteiger partial charge on any atom is -0.435 e. The van der Waals surface area contributed by atoms with Crippen molar-refractivity contribution in [3.8, 4) is 0 Å². The Kier molecular flexibility index (Phi) is 12.1. The van der Waals surface area contributed by atoms with Crippen LogP contribution in [0.15, 0.2) is 24.7 Å². The first kappa shape index (κ1) is 19.6. The van der Waals surface area contributed by atoms with Gasteiger partial charge < -0.3 is 9.47 Å². The maximum atomic E-state index is 11.2. The van der Waals surface area contributed by atoms with Crippen molar-refractivity contribution in [3.63, 3.8) is 0 Å². The van der Waals surface area contributed by atoms with Crippen molar-refractivity contribution >= 4 is 58.3 Å². The molecule has 114 valence electrons. The van der Waals surface area contributed by atoms with Crippen LogP contribution < -0.4 is 0 Å². The normalized spacial score (nSPS) is 11.7. The zero-order valence-electron chi connectivity index (χ0n) is 10.4. The topological polar surface area (TPSA) is 52.6 Å². The lowest BCUT2D eigenvalue weighted by molar-refractivity contribution is -0.140. The molecule has 20 heavy (non-hydrogen) atoms. The zero-order valence-corrected chi connectivity index (χ0v) is 13.5. The molecule has 0 aliphatic carbocycles. The van der Waals surface area contributed by atoms with Crippen molar-refractivity contribution in [1.29, 1.82) is 0 Å². The second kappa shape index (κ2) is 12.3. The number of ether oxygens (including phenoxy) is 2. The van der Waals surface area contributed by atoms with Gasteiger partial charge in [0.2, 0.25) is 0 Å². The van der Waals surface area contributed by atoms with E-state index in [1.54, 1.807) is 0 Å². The largest absolute Gasteiger partial charge is 0.435 e. The van der Waals surface area contributed by atoms with Gasteiger partial charge in [-0.3, -0.25) is 9.59 Å². The average molecular weight is 364 g/mol. The summed E-state index contributed by atoms with van der Waals surface area (Å²) >= 11 is 21.6. The Labute approximate surface area is 137 Å². The minimum atomic E-state index is -0.716. The Balaban J connectivity index is 3.60. The van der Waals surface area contributed by atoms with E-state index in [2.05, 4.69) is 0 Å². The second-order valence-electron chi connectivity index (χ2n) is 3.51. The van der Waals surface area contributed by atoms with Gasteiger partial charge in [0.15, 0.2) is 0 Å². The van der Waals surface area contributed by atoms with Gasteiger partial charge in [0.1, 0.15) is 9.67 Å². The summed E-state index contributed by atoms with van der Waals surface area (Å²) in [5, 5.41) is 0. The van der Waals surface area contributed by atoms with Gasteiger partial charge in [0, 0.05) is 12.8 Å². The number of unbranched alkanes of at least 4 members (excludes halogenated alkanes) is 1. The maximum absolute atomic E-state index is 11.2. The lowest BCUT2D eigenvalue weighted by Gasteiger charge is -2.00. The standard InChI is InChI=1S/C12H14Cl4O4/c13-9(14)5-7-19-11(17)3-1-2-4-12(18)20-8-6-10(15)16/h5-10H,1-4H2. The SMILES string of the molecule is O=C(CCCCC(=O)OC=CC(Cl)Cl)OC=CC(Cl)Cl. The second-order valence-corrected chi connectivity index (χ2v) is 5.84. The lowest BCUT2D eigenvalue weighted by atomic mass is 10.2. The summed E-state index contributed by atoms with van der Waals surface area (Å²) in [6, 6.07) is 0.